The quantitative estimate of drug-likeness (QED) is 0.247. The van der Waals surface area contributed by atoms with Gasteiger partial charge in [-0.25, -0.2) is 4.98 Å². The van der Waals surface area contributed by atoms with Crippen molar-refractivity contribution in [1.82, 2.24) is 19.5 Å². The van der Waals surface area contributed by atoms with Crippen LogP contribution in [0.15, 0.2) is 47.3 Å². The Kier molecular flexibility index (Phi) is 7.76. The lowest BCUT2D eigenvalue weighted by Crippen LogP contribution is -2.23. The predicted molar refractivity (Wildman–Crippen MR) is 151 cm³/mol. The summed E-state index contributed by atoms with van der Waals surface area (Å²) in [6.45, 7) is 4.59. The molecule has 5 rings (SSSR count). The molecule has 2 N–H and O–H groups in total. The monoisotopic (exact) mass is 550 g/mol. The van der Waals surface area contributed by atoms with E-state index in [0.29, 0.717) is 41.6 Å². The van der Waals surface area contributed by atoms with E-state index in [-0.39, 0.29) is 16.4 Å². The fourth-order valence-electron chi connectivity index (χ4n) is 4.81. The molecule has 206 valence electrons. The fourth-order valence-corrected chi connectivity index (χ4v) is 5.05. The van der Waals surface area contributed by atoms with Crippen molar-refractivity contribution in [3.8, 4) is 17.2 Å². The molecule has 9 nitrogen and oxygen atoms in total. The highest BCUT2D eigenvalue weighted by molar-refractivity contribution is 7.71. The highest BCUT2D eigenvalue weighted by Gasteiger charge is 2.27. The van der Waals surface area contributed by atoms with Gasteiger partial charge in [0.1, 0.15) is 22.7 Å². The molecular formula is C29H34N4O5S. The molecule has 2 heterocycles. The number of rotatable bonds is 10. The third-order valence-corrected chi connectivity index (χ3v) is 7.45. The second-order valence-corrected chi connectivity index (χ2v) is 10.7. The molecule has 0 aliphatic heterocycles. The molecule has 1 aliphatic carbocycles. The first-order chi connectivity index (χ1) is 18.8. The van der Waals surface area contributed by atoms with Crippen molar-refractivity contribution in [3.05, 3.63) is 74.5 Å². The lowest BCUT2D eigenvalue weighted by molar-refractivity contribution is -0.0393. The number of aromatic nitrogens is 4. The molecule has 1 fully saturated rings. The number of fused-ring (bicyclic) bond motifs is 1. The van der Waals surface area contributed by atoms with Crippen molar-refractivity contribution < 1.29 is 18.9 Å². The zero-order chi connectivity index (χ0) is 27.6. The summed E-state index contributed by atoms with van der Waals surface area (Å²) in [5.74, 6) is 2.72. The number of hydrogen-bond acceptors (Lipinski definition) is 7. The van der Waals surface area contributed by atoms with Crippen molar-refractivity contribution in [2.24, 2.45) is 0 Å². The number of hydrogen-bond donors (Lipinski definition) is 2. The Morgan fingerprint density at radius 1 is 1.00 bits per heavy atom. The van der Waals surface area contributed by atoms with E-state index in [1.54, 1.807) is 14.2 Å². The van der Waals surface area contributed by atoms with E-state index < -0.39 is 5.60 Å². The molecule has 0 amide bonds. The molecule has 4 aromatic rings. The van der Waals surface area contributed by atoms with Crippen LogP contribution in [0.25, 0.3) is 11.2 Å². The van der Waals surface area contributed by atoms with Gasteiger partial charge in [-0.1, -0.05) is 18.2 Å². The number of benzene rings is 2. The van der Waals surface area contributed by atoms with Crippen LogP contribution >= 0.6 is 12.2 Å². The number of nitrogens with one attached hydrogen (secondary N) is 2. The van der Waals surface area contributed by atoms with Crippen molar-refractivity contribution >= 4 is 23.4 Å². The lowest BCUT2D eigenvalue weighted by atomic mass is 10.1. The SMILES string of the molecule is COc1ccc(COC(C)(C)c2nc3c([nH]2)c(=O)[nH]c(=S)n3Cc2ccc(OC)c(OC3CCCC3)c2)cc1. The van der Waals surface area contributed by atoms with Gasteiger partial charge in [0.25, 0.3) is 5.56 Å². The highest BCUT2D eigenvalue weighted by atomic mass is 32.1. The first kappa shape index (κ1) is 27.0. The number of aromatic amines is 2. The van der Waals surface area contributed by atoms with Gasteiger partial charge in [-0.2, -0.15) is 0 Å². The Morgan fingerprint density at radius 3 is 2.41 bits per heavy atom. The maximum atomic E-state index is 12.8. The minimum Gasteiger partial charge on any atom is -0.497 e. The van der Waals surface area contributed by atoms with Crippen LogP contribution in [-0.4, -0.2) is 39.8 Å². The van der Waals surface area contributed by atoms with Gasteiger partial charge in [0.2, 0.25) is 0 Å². The molecule has 1 saturated carbocycles. The van der Waals surface area contributed by atoms with E-state index in [1.807, 2.05) is 60.9 Å². The maximum absolute atomic E-state index is 12.8. The smallest absolute Gasteiger partial charge is 0.277 e. The Labute approximate surface area is 232 Å². The van der Waals surface area contributed by atoms with Crippen LogP contribution in [0.5, 0.6) is 17.2 Å². The Bertz CT molecular complexity index is 1570. The van der Waals surface area contributed by atoms with Gasteiger partial charge < -0.3 is 23.9 Å². The number of H-pyrrole nitrogens is 2. The number of nitrogens with zero attached hydrogens (tertiary/aromatic N) is 2. The summed E-state index contributed by atoms with van der Waals surface area (Å²) in [5.41, 5.74) is 1.64. The molecule has 2 aromatic heterocycles. The summed E-state index contributed by atoms with van der Waals surface area (Å²) in [5, 5.41) is 0. The number of ether oxygens (including phenoxy) is 4. The van der Waals surface area contributed by atoms with Gasteiger partial charge in [-0.3, -0.25) is 14.3 Å². The Balaban J connectivity index is 1.43. The first-order valence-electron chi connectivity index (χ1n) is 13.1. The van der Waals surface area contributed by atoms with Crippen LogP contribution < -0.4 is 19.8 Å². The molecule has 0 atom stereocenters. The Hall–Kier alpha value is -3.63. The molecule has 1 aliphatic rings. The third kappa shape index (κ3) is 5.86. The zero-order valence-corrected chi connectivity index (χ0v) is 23.5. The van der Waals surface area contributed by atoms with E-state index in [1.165, 1.54) is 12.8 Å². The van der Waals surface area contributed by atoms with Gasteiger partial charge in [0.15, 0.2) is 21.9 Å². The first-order valence-corrected chi connectivity index (χ1v) is 13.5. The third-order valence-electron chi connectivity index (χ3n) is 7.13. The standard InChI is InChI=1S/C29H34N4O5S/c1-29(2,37-17-18-9-12-20(35-3)13-10-18)27-30-24-25(31-27)33(28(39)32-26(24)34)16-19-11-14-22(36-4)23(15-19)38-21-7-5-6-8-21/h9-15,21H,5-8,16-17H2,1-4H3,(H,30,31)(H,32,34,39). The number of imidazole rings is 1. The molecule has 0 unspecified atom stereocenters. The van der Waals surface area contributed by atoms with Crippen molar-refractivity contribution in [2.45, 2.75) is 64.4 Å². The van der Waals surface area contributed by atoms with E-state index in [0.717, 1.165) is 29.7 Å². The average Bonchev–Trinajstić information content (AvgIpc) is 3.62. The summed E-state index contributed by atoms with van der Waals surface area (Å²) < 4.78 is 25.4. The topological polar surface area (TPSA) is 103 Å². The summed E-state index contributed by atoms with van der Waals surface area (Å²) >= 11 is 5.56. The summed E-state index contributed by atoms with van der Waals surface area (Å²) in [4.78, 5) is 23.6. The van der Waals surface area contributed by atoms with Crippen molar-refractivity contribution in [3.63, 3.8) is 0 Å². The summed E-state index contributed by atoms with van der Waals surface area (Å²) in [6.07, 6.45) is 4.65. The average molecular weight is 551 g/mol. The van der Waals surface area contributed by atoms with E-state index in [4.69, 9.17) is 36.1 Å². The summed E-state index contributed by atoms with van der Waals surface area (Å²) in [6, 6.07) is 13.5. The normalized spacial score (nSPS) is 14.2. The van der Waals surface area contributed by atoms with Gasteiger partial charge in [0.05, 0.1) is 33.5 Å². The fraction of sp³-hybridized carbons (Fsp3) is 0.414. The second-order valence-electron chi connectivity index (χ2n) is 10.3. The molecule has 0 bridgehead atoms. The van der Waals surface area contributed by atoms with Gasteiger partial charge in [-0.05, 0) is 87.1 Å². The van der Waals surface area contributed by atoms with Crippen LogP contribution in [0.4, 0.5) is 0 Å². The van der Waals surface area contributed by atoms with Crippen molar-refractivity contribution in [1.29, 1.82) is 0 Å². The molecule has 0 saturated heterocycles. The minimum absolute atomic E-state index is 0.199. The molecular weight excluding hydrogens is 516 g/mol. The molecule has 2 aromatic carbocycles. The van der Waals surface area contributed by atoms with E-state index in [9.17, 15) is 4.79 Å². The highest BCUT2D eigenvalue weighted by Crippen LogP contribution is 2.33. The zero-order valence-electron chi connectivity index (χ0n) is 22.7. The minimum atomic E-state index is -0.798. The van der Waals surface area contributed by atoms with Gasteiger partial charge in [-0.15, -0.1) is 0 Å². The molecule has 0 radical (unpaired) electrons. The van der Waals surface area contributed by atoms with Gasteiger partial charge >= 0.3 is 0 Å². The van der Waals surface area contributed by atoms with Gasteiger partial charge in [0, 0.05) is 0 Å². The Morgan fingerprint density at radius 2 is 1.72 bits per heavy atom. The molecule has 39 heavy (non-hydrogen) atoms. The maximum Gasteiger partial charge on any atom is 0.277 e. The van der Waals surface area contributed by atoms with Crippen LogP contribution in [0.3, 0.4) is 0 Å². The van der Waals surface area contributed by atoms with Crippen LogP contribution in [0.2, 0.25) is 0 Å². The second kappa shape index (κ2) is 11.2. The van der Waals surface area contributed by atoms with Crippen LogP contribution in [-0.2, 0) is 23.5 Å². The molecule has 10 heteroatoms. The van der Waals surface area contributed by atoms with E-state index in [2.05, 4.69) is 9.97 Å². The summed E-state index contributed by atoms with van der Waals surface area (Å²) in [7, 11) is 3.28. The molecule has 0 spiro atoms. The lowest BCUT2D eigenvalue weighted by Gasteiger charge is -2.23. The predicted octanol–water partition coefficient (Wildman–Crippen LogP) is 5.62. The van der Waals surface area contributed by atoms with Crippen LogP contribution in [0.1, 0.15) is 56.5 Å². The largest absolute Gasteiger partial charge is 0.497 e. The van der Waals surface area contributed by atoms with Crippen LogP contribution in [0, 0.1) is 4.77 Å². The van der Waals surface area contributed by atoms with Crippen molar-refractivity contribution in [2.75, 3.05) is 14.2 Å². The number of methoxy groups -OCH3 is 2. The van der Waals surface area contributed by atoms with E-state index >= 15 is 0 Å².